The Hall–Kier alpha value is -2.18. The summed E-state index contributed by atoms with van der Waals surface area (Å²) >= 11 is 0. The van der Waals surface area contributed by atoms with Gasteiger partial charge in [0.25, 0.3) is 11.8 Å². The van der Waals surface area contributed by atoms with Gasteiger partial charge in [0.2, 0.25) is 0 Å². The number of anilines is 1. The number of imide groups is 1. The van der Waals surface area contributed by atoms with Crippen LogP contribution in [-0.2, 0) is 16.2 Å². The number of amides is 2. The molecule has 3 N–H and O–H groups in total. The minimum absolute atomic E-state index is 0.0188. The second kappa shape index (κ2) is 5.85. The molecule has 1 aliphatic rings. The van der Waals surface area contributed by atoms with Gasteiger partial charge >= 0.3 is 0 Å². The third-order valence-corrected chi connectivity index (χ3v) is 3.22. The van der Waals surface area contributed by atoms with Crippen LogP contribution >= 0.6 is 0 Å². The highest BCUT2D eigenvalue weighted by molar-refractivity contribution is 6.17. The molecule has 0 unspecified atom stereocenters. The van der Waals surface area contributed by atoms with E-state index in [0.717, 1.165) is 16.0 Å². The van der Waals surface area contributed by atoms with Crippen LogP contribution in [0.5, 0.6) is 0 Å². The van der Waals surface area contributed by atoms with Crippen LogP contribution in [0, 0.1) is 6.92 Å². The number of aliphatic hydroxyl groups is 2. The summed E-state index contributed by atoms with van der Waals surface area (Å²) < 4.78 is 0. The number of hydrogen-bond donors (Lipinski definition) is 3. The number of nitrogens with zero attached hydrogens (tertiary/aromatic N) is 1. The van der Waals surface area contributed by atoms with Crippen LogP contribution in [0.4, 0.5) is 5.69 Å². The number of carbonyl (C=O) groups excluding carboxylic acids is 2. The molecule has 0 spiro atoms. The molecule has 0 aromatic heterocycles. The van der Waals surface area contributed by atoms with Gasteiger partial charge in [-0.3, -0.25) is 14.5 Å². The van der Waals surface area contributed by atoms with Crippen LogP contribution in [0.3, 0.4) is 0 Å². The lowest BCUT2D eigenvalue weighted by atomic mass is 10.1. The first-order valence-electron chi connectivity index (χ1n) is 6.23. The lowest BCUT2D eigenvalue weighted by Gasteiger charge is -2.15. The SMILES string of the molecule is Cc1c(CO)cccc1NC1=CC(=O)N(CCO)C1=O. The van der Waals surface area contributed by atoms with Crippen molar-refractivity contribution in [1.82, 2.24) is 4.90 Å². The Kier molecular flexibility index (Phi) is 4.16. The molecule has 106 valence electrons. The van der Waals surface area contributed by atoms with E-state index in [1.165, 1.54) is 6.08 Å². The summed E-state index contributed by atoms with van der Waals surface area (Å²) in [6.45, 7) is 1.44. The Morgan fingerprint density at radius 3 is 2.65 bits per heavy atom. The molecular formula is C14H16N2O4. The molecule has 2 rings (SSSR count). The fourth-order valence-corrected chi connectivity index (χ4v) is 2.05. The summed E-state index contributed by atoms with van der Waals surface area (Å²) in [6, 6.07) is 5.31. The molecule has 0 radical (unpaired) electrons. The van der Waals surface area contributed by atoms with Crippen LogP contribution in [0.15, 0.2) is 30.0 Å². The lowest BCUT2D eigenvalue weighted by Crippen LogP contribution is -2.34. The molecule has 0 saturated heterocycles. The Balaban J connectivity index is 2.21. The molecule has 0 bridgehead atoms. The van der Waals surface area contributed by atoms with Gasteiger partial charge in [-0.05, 0) is 24.1 Å². The number of benzene rings is 1. The van der Waals surface area contributed by atoms with Crippen molar-refractivity contribution in [2.45, 2.75) is 13.5 Å². The molecule has 1 aliphatic heterocycles. The van der Waals surface area contributed by atoms with E-state index in [-0.39, 0.29) is 25.5 Å². The van der Waals surface area contributed by atoms with Gasteiger partial charge in [0.1, 0.15) is 5.70 Å². The van der Waals surface area contributed by atoms with Gasteiger partial charge in [-0.1, -0.05) is 12.1 Å². The summed E-state index contributed by atoms with van der Waals surface area (Å²) in [4.78, 5) is 24.6. The Morgan fingerprint density at radius 1 is 1.25 bits per heavy atom. The summed E-state index contributed by atoms with van der Waals surface area (Å²) in [5.74, 6) is -0.902. The van der Waals surface area contributed by atoms with Crippen molar-refractivity contribution >= 4 is 17.5 Å². The van der Waals surface area contributed by atoms with Gasteiger partial charge < -0.3 is 15.5 Å². The van der Waals surface area contributed by atoms with E-state index in [0.29, 0.717) is 5.69 Å². The van der Waals surface area contributed by atoms with E-state index in [1.807, 2.05) is 6.92 Å². The standard InChI is InChI=1S/C14H16N2O4/c1-9-10(8-18)3-2-4-11(9)15-12-7-13(19)16(5-6-17)14(12)20/h2-4,7,15,17-18H,5-6,8H2,1H3. The molecule has 1 heterocycles. The van der Waals surface area contributed by atoms with Crippen molar-refractivity contribution in [3.63, 3.8) is 0 Å². The summed E-state index contributed by atoms with van der Waals surface area (Å²) in [7, 11) is 0. The first-order valence-corrected chi connectivity index (χ1v) is 6.23. The molecular weight excluding hydrogens is 260 g/mol. The smallest absolute Gasteiger partial charge is 0.277 e. The van der Waals surface area contributed by atoms with E-state index in [2.05, 4.69) is 5.32 Å². The molecule has 0 atom stereocenters. The molecule has 6 nitrogen and oxygen atoms in total. The first kappa shape index (κ1) is 14.2. The van der Waals surface area contributed by atoms with Gasteiger partial charge in [0.15, 0.2) is 0 Å². The maximum atomic E-state index is 12.0. The Bertz CT molecular complexity index is 581. The predicted octanol–water partition coefficient (Wildman–Crippen LogP) is 0.144. The maximum absolute atomic E-state index is 12.0. The summed E-state index contributed by atoms with van der Waals surface area (Å²) in [5, 5.41) is 21.0. The van der Waals surface area contributed by atoms with Gasteiger partial charge in [0, 0.05) is 11.8 Å². The summed E-state index contributed by atoms with van der Waals surface area (Å²) in [5.41, 5.74) is 2.40. The molecule has 0 saturated carbocycles. The molecule has 1 aromatic carbocycles. The molecule has 1 aromatic rings. The zero-order chi connectivity index (χ0) is 14.7. The lowest BCUT2D eigenvalue weighted by molar-refractivity contribution is -0.137. The quantitative estimate of drug-likeness (QED) is 0.666. The second-order valence-electron chi connectivity index (χ2n) is 4.45. The van der Waals surface area contributed by atoms with Crippen LogP contribution in [0.25, 0.3) is 0 Å². The van der Waals surface area contributed by atoms with Crippen LogP contribution in [-0.4, -0.2) is 40.1 Å². The van der Waals surface area contributed by atoms with Gasteiger partial charge in [-0.25, -0.2) is 0 Å². The van der Waals surface area contributed by atoms with Crippen molar-refractivity contribution in [2.75, 3.05) is 18.5 Å². The van der Waals surface area contributed by atoms with Gasteiger partial charge in [-0.2, -0.15) is 0 Å². The Labute approximate surface area is 116 Å². The Morgan fingerprint density at radius 2 is 2.00 bits per heavy atom. The minimum atomic E-state index is -0.460. The number of nitrogens with one attached hydrogen (secondary N) is 1. The number of aliphatic hydroxyl groups excluding tert-OH is 2. The molecule has 0 aliphatic carbocycles. The number of carbonyl (C=O) groups is 2. The maximum Gasteiger partial charge on any atom is 0.277 e. The monoisotopic (exact) mass is 276 g/mol. The number of rotatable bonds is 5. The average molecular weight is 276 g/mol. The molecule has 20 heavy (non-hydrogen) atoms. The van der Waals surface area contributed by atoms with Gasteiger partial charge in [0.05, 0.1) is 19.8 Å². The largest absolute Gasteiger partial charge is 0.395 e. The van der Waals surface area contributed by atoms with E-state index in [9.17, 15) is 14.7 Å². The highest BCUT2D eigenvalue weighted by Gasteiger charge is 2.30. The summed E-state index contributed by atoms with van der Waals surface area (Å²) in [6.07, 6.45) is 1.21. The fraction of sp³-hybridized carbons (Fsp3) is 0.286. The highest BCUT2D eigenvalue weighted by atomic mass is 16.3. The fourth-order valence-electron chi connectivity index (χ4n) is 2.05. The molecule has 0 fully saturated rings. The normalized spacial score (nSPS) is 14.8. The second-order valence-corrected chi connectivity index (χ2v) is 4.45. The topological polar surface area (TPSA) is 89.9 Å². The molecule has 2 amide bonds. The number of β-amino-alcohol motifs (C(OH)–C–C–N with tert-alkyl or cyclic N) is 1. The van der Waals surface area contributed by atoms with E-state index < -0.39 is 11.8 Å². The van der Waals surface area contributed by atoms with Gasteiger partial charge in [-0.15, -0.1) is 0 Å². The van der Waals surface area contributed by atoms with E-state index >= 15 is 0 Å². The third kappa shape index (κ3) is 2.56. The van der Waals surface area contributed by atoms with Crippen molar-refractivity contribution in [3.8, 4) is 0 Å². The number of hydrogen-bond acceptors (Lipinski definition) is 5. The zero-order valence-electron chi connectivity index (χ0n) is 11.1. The third-order valence-electron chi connectivity index (χ3n) is 3.22. The first-order chi connectivity index (χ1) is 9.58. The average Bonchev–Trinajstić information content (AvgIpc) is 2.69. The van der Waals surface area contributed by atoms with Crippen LogP contribution in [0.2, 0.25) is 0 Å². The van der Waals surface area contributed by atoms with Crippen LogP contribution < -0.4 is 5.32 Å². The van der Waals surface area contributed by atoms with Crippen molar-refractivity contribution in [1.29, 1.82) is 0 Å². The highest BCUT2D eigenvalue weighted by Crippen LogP contribution is 2.22. The van der Waals surface area contributed by atoms with E-state index in [4.69, 9.17) is 5.11 Å². The van der Waals surface area contributed by atoms with Crippen LogP contribution in [0.1, 0.15) is 11.1 Å². The van der Waals surface area contributed by atoms with Crippen molar-refractivity contribution in [3.05, 3.63) is 41.1 Å². The van der Waals surface area contributed by atoms with Crippen molar-refractivity contribution < 1.29 is 19.8 Å². The predicted molar refractivity (Wildman–Crippen MR) is 72.6 cm³/mol. The van der Waals surface area contributed by atoms with Crippen molar-refractivity contribution in [2.24, 2.45) is 0 Å². The minimum Gasteiger partial charge on any atom is -0.395 e. The molecule has 6 heteroatoms. The van der Waals surface area contributed by atoms with E-state index in [1.54, 1.807) is 18.2 Å². The zero-order valence-corrected chi connectivity index (χ0v) is 11.1.